The zero-order chi connectivity index (χ0) is 11.4. The SMILES string of the molecule is COc1cc(C(C)O)cc(OC)c1OC. The van der Waals surface area contributed by atoms with Crippen molar-refractivity contribution in [3.8, 4) is 17.2 Å². The van der Waals surface area contributed by atoms with Gasteiger partial charge in [-0.3, -0.25) is 0 Å². The van der Waals surface area contributed by atoms with Gasteiger partial charge >= 0.3 is 0 Å². The zero-order valence-electron chi connectivity index (χ0n) is 9.40. The Bertz CT molecular complexity index is 308. The van der Waals surface area contributed by atoms with Crippen LogP contribution in [0.2, 0.25) is 0 Å². The summed E-state index contributed by atoms with van der Waals surface area (Å²) in [6.45, 7) is 1.68. The van der Waals surface area contributed by atoms with Crippen molar-refractivity contribution < 1.29 is 19.3 Å². The molecule has 0 aliphatic rings. The summed E-state index contributed by atoms with van der Waals surface area (Å²) in [6.07, 6.45) is -0.571. The largest absolute Gasteiger partial charge is 0.493 e. The van der Waals surface area contributed by atoms with Gasteiger partial charge in [-0.1, -0.05) is 0 Å². The van der Waals surface area contributed by atoms with Crippen molar-refractivity contribution in [3.05, 3.63) is 17.7 Å². The second-order valence-corrected chi connectivity index (χ2v) is 3.13. The van der Waals surface area contributed by atoms with E-state index >= 15 is 0 Å². The molecular weight excluding hydrogens is 196 g/mol. The smallest absolute Gasteiger partial charge is 0.203 e. The second-order valence-electron chi connectivity index (χ2n) is 3.13. The third kappa shape index (κ3) is 2.33. The molecule has 1 aromatic rings. The predicted octanol–water partition coefficient (Wildman–Crippen LogP) is 1.77. The monoisotopic (exact) mass is 212 g/mol. The first-order valence-electron chi connectivity index (χ1n) is 4.62. The zero-order valence-corrected chi connectivity index (χ0v) is 9.40. The average Bonchev–Trinajstić information content (AvgIpc) is 2.26. The van der Waals surface area contributed by atoms with Crippen molar-refractivity contribution >= 4 is 0 Å². The molecule has 1 aromatic carbocycles. The van der Waals surface area contributed by atoms with E-state index < -0.39 is 6.10 Å². The van der Waals surface area contributed by atoms with Gasteiger partial charge in [0.1, 0.15) is 0 Å². The van der Waals surface area contributed by atoms with Crippen LogP contribution < -0.4 is 14.2 Å². The molecule has 0 aromatic heterocycles. The van der Waals surface area contributed by atoms with Crippen LogP contribution in [0.3, 0.4) is 0 Å². The Morgan fingerprint density at radius 1 is 1.00 bits per heavy atom. The van der Waals surface area contributed by atoms with Gasteiger partial charge in [-0.15, -0.1) is 0 Å². The fourth-order valence-corrected chi connectivity index (χ4v) is 1.34. The van der Waals surface area contributed by atoms with Crippen LogP contribution in [0.4, 0.5) is 0 Å². The normalized spacial score (nSPS) is 12.1. The number of aliphatic hydroxyl groups excluding tert-OH is 1. The first-order chi connectivity index (χ1) is 7.13. The third-order valence-electron chi connectivity index (χ3n) is 2.17. The molecule has 0 fully saturated rings. The van der Waals surface area contributed by atoms with Crippen molar-refractivity contribution in [1.82, 2.24) is 0 Å². The third-order valence-corrected chi connectivity index (χ3v) is 2.17. The predicted molar refractivity (Wildman–Crippen MR) is 56.7 cm³/mol. The molecule has 0 aliphatic carbocycles. The first kappa shape index (κ1) is 11.7. The molecule has 0 aliphatic heterocycles. The van der Waals surface area contributed by atoms with E-state index in [1.54, 1.807) is 40.4 Å². The van der Waals surface area contributed by atoms with Gasteiger partial charge in [0.05, 0.1) is 27.4 Å². The van der Waals surface area contributed by atoms with Crippen molar-refractivity contribution in [2.24, 2.45) is 0 Å². The lowest BCUT2D eigenvalue weighted by Gasteiger charge is -2.15. The first-order valence-corrected chi connectivity index (χ1v) is 4.62. The fraction of sp³-hybridized carbons (Fsp3) is 0.455. The number of hydrogen-bond donors (Lipinski definition) is 1. The summed E-state index contributed by atoms with van der Waals surface area (Å²) in [5.41, 5.74) is 0.726. The molecule has 0 spiro atoms. The van der Waals surface area contributed by atoms with Crippen LogP contribution in [0.15, 0.2) is 12.1 Å². The summed E-state index contributed by atoms with van der Waals surface area (Å²) < 4.78 is 15.5. The Balaban J connectivity index is 3.29. The van der Waals surface area contributed by atoms with Crippen molar-refractivity contribution in [1.29, 1.82) is 0 Å². The van der Waals surface area contributed by atoms with Crippen molar-refractivity contribution in [3.63, 3.8) is 0 Å². The maximum Gasteiger partial charge on any atom is 0.203 e. The highest BCUT2D eigenvalue weighted by Gasteiger charge is 2.14. The number of aliphatic hydroxyl groups is 1. The van der Waals surface area contributed by atoms with Crippen LogP contribution in [-0.4, -0.2) is 26.4 Å². The molecular formula is C11H16O4. The molecule has 0 radical (unpaired) electrons. The highest BCUT2D eigenvalue weighted by atomic mass is 16.5. The molecule has 84 valence electrons. The van der Waals surface area contributed by atoms with Gasteiger partial charge in [0, 0.05) is 0 Å². The van der Waals surface area contributed by atoms with E-state index in [0.717, 1.165) is 5.56 Å². The van der Waals surface area contributed by atoms with Crippen LogP contribution in [0.5, 0.6) is 17.2 Å². The summed E-state index contributed by atoms with van der Waals surface area (Å²) in [5, 5.41) is 9.48. The van der Waals surface area contributed by atoms with Gasteiger partial charge in [-0.2, -0.15) is 0 Å². The Hall–Kier alpha value is -1.42. The fourth-order valence-electron chi connectivity index (χ4n) is 1.34. The topological polar surface area (TPSA) is 47.9 Å². The molecule has 0 bridgehead atoms. The van der Waals surface area contributed by atoms with Gasteiger partial charge in [0.2, 0.25) is 5.75 Å². The highest BCUT2D eigenvalue weighted by molar-refractivity contribution is 5.54. The second kappa shape index (κ2) is 4.89. The molecule has 1 rings (SSSR count). The number of hydrogen-bond acceptors (Lipinski definition) is 4. The minimum atomic E-state index is -0.571. The van der Waals surface area contributed by atoms with E-state index in [-0.39, 0.29) is 0 Å². The van der Waals surface area contributed by atoms with Crippen molar-refractivity contribution in [2.45, 2.75) is 13.0 Å². The van der Waals surface area contributed by atoms with Crippen LogP contribution >= 0.6 is 0 Å². The molecule has 0 saturated heterocycles. The molecule has 1 atom stereocenters. The summed E-state index contributed by atoms with van der Waals surface area (Å²) in [7, 11) is 4.63. The Morgan fingerprint density at radius 2 is 1.47 bits per heavy atom. The van der Waals surface area contributed by atoms with Gasteiger partial charge in [0.25, 0.3) is 0 Å². The molecule has 0 saturated carbocycles. The van der Waals surface area contributed by atoms with E-state index in [1.807, 2.05) is 0 Å². The van der Waals surface area contributed by atoms with Crippen molar-refractivity contribution in [2.75, 3.05) is 21.3 Å². The maximum atomic E-state index is 9.48. The Morgan fingerprint density at radius 3 is 1.73 bits per heavy atom. The maximum absolute atomic E-state index is 9.48. The molecule has 4 heteroatoms. The lowest BCUT2D eigenvalue weighted by atomic mass is 10.1. The quantitative estimate of drug-likeness (QED) is 0.826. The molecule has 0 amide bonds. The van der Waals surface area contributed by atoms with E-state index in [1.165, 1.54) is 0 Å². The molecule has 15 heavy (non-hydrogen) atoms. The summed E-state index contributed by atoms with van der Waals surface area (Å²) in [6, 6.07) is 3.46. The van der Waals surface area contributed by atoms with E-state index in [2.05, 4.69) is 0 Å². The van der Waals surface area contributed by atoms with Crippen LogP contribution in [0, 0.1) is 0 Å². The molecule has 0 heterocycles. The average molecular weight is 212 g/mol. The van der Waals surface area contributed by atoms with E-state index in [4.69, 9.17) is 14.2 Å². The van der Waals surface area contributed by atoms with Gasteiger partial charge in [0.15, 0.2) is 11.5 Å². The molecule has 4 nitrogen and oxygen atoms in total. The summed E-state index contributed by atoms with van der Waals surface area (Å²) in [4.78, 5) is 0. The van der Waals surface area contributed by atoms with Crippen LogP contribution in [-0.2, 0) is 0 Å². The standard InChI is InChI=1S/C11H16O4/c1-7(12)8-5-9(13-2)11(15-4)10(6-8)14-3/h5-7,12H,1-4H3. The minimum Gasteiger partial charge on any atom is -0.493 e. The number of methoxy groups -OCH3 is 3. The van der Waals surface area contributed by atoms with Gasteiger partial charge in [-0.05, 0) is 24.6 Å². The number of ether oxygens (including phenoxy) is 3. The van der Waals surface area contributed by atoms with E-state index in [9.17, 15) is 5.11 Å². The van der Waals surface area contributed by atoms with Gasteiger partial charge < -0.3 is 19.3 Å². The van der Waals surface area contributed by atoms with Crippen LogP contribution in [0.25, 0.3) is 0 Å². The lowest BCUT2D eigenvalue weighted by Crippen LogP contribution is -1.98. The highest BCUT2D eigenvalue weighted by Crippen LogP contribution is 2.39. The minimum absolute atomic E-state index is 0.532. The summed E-state index contributed by atoms with van der Waals surface area (Å²) in [5.74, 6) is 1.63. The molecule has 1 unspecified atom stereocenters. The Kier molecular flexibility index (Phi) is 3.80. The van der Waals surface area contributed by atoms with Gasteiger partial charge in [-0.25, -0.2) is 0 Å². The van der Waals surface area contributed by atoms with E-state index in [0.29, 0.717) is 17.2 Å². The lowest BCUT2D eigenvalue weighted by molar-refractivity contribution is 0.198. The van der Waals surface area contributed by atoms with Crippen LogP contribution in [0.1, 0.15) is 18.6 Å². The summed E-state index contributed by atoms with van der Waals surface area (Å²) >= 11 is 0. The Labute approximate surface area is 89.4 Å². The molecule has 1 N–H and O–H groups in total. The number of rotatable bonds is 4. The number of benzene rings is 1.